The molecule has 3 heterocycles. The molecule has 4 aromatic carbocycles. The van der Waals surface area contributed by atoms with E-state index >= 15 is 0 Å². The van der Waals surface area contributed by atoms with E-state index in [0.29, 0.717) is 44.8 Å². The van der Waals surface area contributed by atoms with Gasteiger partial charge in [0.1, 0.15) is 5.58 Å². The van der Waals surface area contributed by atoms with Crippen LogP contribution in [0.5, 0.6) is 0 Å². The topological polar surface area (TPSA) is 38.9 Å². The van der Waals surface area contributed by atoms with Gasteiger partial charge >= 0.3 is 0 Å². The molecule has 1 radical (unpaired) electrons. The van der Waals surface area contributed by atoms with E-state index in [9.17, 15) is 0 Å². The Bertz CT molecular complexity index is 2500. The van der Waals surface area contributed by atoms with Crippen molar-refractivity contribution in [3.8, 4) is 33.6 Å². The van der Waals surface area contributed by atoms with Crippen molar-refractivity contribution in [2.24, 2.45) is 5.41 Å². The fraction of sp³-hybridized carbons (Fsp3) is 0.190. The molecule has 4 heteroatoms. The summed E-state index contributed by atoms with van der Waals surface area (Å²) in [4.78, 5) is 8.73. The van der Waals surface area contributed by atoms with Crippen molar-refractivity contribution < 1.29 is 39.6 Å². The Balaban J connectivity index is 0.000000229. The van der Waals surface area contributed by atoms with Crippen LogP contribution in [0.25, 0.3) is 55.6 Å². The minimum atomic E-state index is -2.47. The normalized spacial score (nSPS) is 15.8. The van der Waals surface area contributed by atoms with Crippen LogP contribution in [-0.4, -0.2) is 9.97 Å². The number of rotatable bonds is 4. The van der Waals surface area contributed by atoms with Crippen LogP contribution in [0.1, 0.15) is 58.1 Å². The fourth-order valence-corrected chi connectivity index (χ4v) is 5.06. The van der Waals surface area contributed by atoms with Gasteiger partial charge in [0.05, 0.1) is 5.58 Å². The first kappa shape index (κ1) is 21.4. The minimum Gasteiger partial charge on any atom is -0.501 e. The van der Waals surface area contributed by atoms with Gasteiger partial charge < -0.3 is 14.4 Å². The molecule has 0 aliphatic carbocycles. The number of furan rings is 1. The van der Waals surface area contributed by atoms with Crippen molar-refractivity contribution in [2.75, 3.05) is 0 Å². The number of hydrogen-bond acceptors (Lipinski definition) is 3. The van der Waals surface area contributed by atoms with E-state index < -0.39 is 32.3 Å². The standard InChI is InChI=1S/C25H18NO.C17H20N.Ir/c1-16-8-3-4-9-18(16)22-14-23(26-15-17(22)2)21-12-7-11-20-19-10-5-6-13-24(19)27-25(20)21;1-13-5-8-15(9-6-13)16-10-7-14(12-18-16)11-17(2,3)4;/h3-11,13-15H,1-2H3;5-8,10,12H,11H2,1-4H3;/q2*-1;/i1D3,2D3;1D3,11D2;. The molecule has 7 rings (SSSR count). The number of aromatic nitrogens is 2. The summed E-state index contributed by atoms with van der Waals surface area (Å²) >= 11 is 0. The number of hydrogen-bond donors (Lipinski definition) is 0. The van der Waals surface area contributed by atoms with Crippen molar-refractivity contribution in [1.29, 1.82) is 0 Å². The third-order valence-electron chi connectivity index (χ3n) is 7.09. The van der Waals surface area contributed by atoms with Crippen LogP contribution in [0, 0.1) is 38.1 Å². The van der Waals surface area contributed by atoms with E-state index in [-0.39, 0.29) is 36.8 Å². The predicted molar refractivity (Wildman–Crippen MR) is 187 cm³/mol. The van der Waals surface area contributed by atoms with Crippen LogP contribution in [0.4, 0.5) is 0 Å². The molecule has 46 heavy (non-hydrogen) atoms. The molecule has 0 aliphatic heterocycles. The summed E-state index contributed by atoms with van der Waals surface area (Å²) in [5.41, 5.74) is 4.57. The molecule has 0 amide bonds. The van der Waals surface area contributed by atoms with Gasteiger partial charge in [0, 0.05) is 53.0 Å². The Hall–Kier alpha value is -4.37. The van der Waals surface area contributed by atoms with Crippen LogP contribution < -0.4 is 0 Å². The number of pyridine rings is 2. The van der Waals surface area contributed by atoms with Crippen LogP contribution in [0.2, 0.25) is 0 Å². The van der Waals surface area contributed by atoms with Gasteiger partial charge in [-0.3, -0.25) is 0 Å². The molecular weight excluding hydrogens is 741 g/mol. The minimum absolute atomic E-state index is 0. The van der Waals surface area contributed by atoms with Crippen LogP contribution in [-0.2, 0) is 26.5 Å². The Morgan fingerprint density at radius 3 is 2.30 bits per heavy atom. The van der Waals surface area contributed by atoms with Crippen molar-refractivity contribution in [3.63, 3.8) is 0 Å². The SMILES string of the molecule is [2H]C([2H])([2H])c1c[c-]c(-c2ccc(C([2H])([2H])C(C)(C)C)cn2)cc1.[2H]C([2H])([2H])c1ccccc1-c1cc(-c2[c-]ccc3c2oc2ccccc23)ncc1C([2H])([2H])[2H].[Ir]. The molecular formula is C42H38IrN2O-2. The monoisotopic (exact) mass is 790 g/mol. The maximum absolute atomic E-state index is 8.25. The van der Waals surface area contributed by atoms with Crippen molar-refractivity contribution in [1.82, 2.24) is 9.97 Å². The number of benzene rings is 4. The molecule has 0 bridgehead atoms. The van der Waals surface area contributed by atoms with Gasteiger partial charge in [-0.25, -0.2) is 0 Å². The average molecular weight is 790 g/mol. The van der Waals surface area contributed by atoms with E-state index in [2.05, 4.69) is 22.1 Å². The predicted octanol–water partition coefficient (Wildman–Crippen LogP) is 11.2. The maximum Gasteiger partial charge on any atom is 0.120 e. The van der Waals surface area contributed by atoms with Gasteiger partial charge in [0.2, 0.25) is 0 Å². The molecule has 0 aliphatic rings. The van der Waals surface area contributed by atoms with E-state index in [4.69, 9.17) is 19.5 Å². The van der Waals surface area contributed by atoms with Crippen LogP contribution in [0.15, 0.2) is 114 Å². The maximum atomic E-state index is 8.25. The molecule has 0 saturated carbocycles. The average Bonchev–Trinajstić information content (AvgIpc) is 3.52. The zero-order valence-electron chi connectivity index (χ0n) is 36.5. The van der Waals surface area contributed by atoms with Gasteiger partial charge in [-0.2, -0.15) is 0 Å². The largest absolute Gasteiger partial charge is 0.501 e. The van der Waals surface area contributed by atoms with E-state index in [1.807, 2.05) is 51.1 Å². The molecule has 0 saturated heterocycles. The molecule has 7 aromatic rings. The Morgan fingerprint density at radius 2 is 1.57 bits per heavy atom. The summed E-state index contributed by atoms with van der Waals surface area (Å²) in [6.07, 6.45) is 1.34. The van der Waals surface area contributed by atoms with Crippen LogP contribution >= 0.6 is 0 Å². The summed E-state index contributed by atoms with van der Waals surface area (Å²) < 4.78 is 92.4. The zero-order chi connectivity index (χ0) is 40.8. The van der Waals surface area contributed by atoms with E-state index in [1.165, 1.54) is 24.5 Å². The smallest absolute Gasteiger partial charge is 0.120 e. The first-order valence-corrected chi connectivity index (χ1v) is 14.5. The second-order valence-electron chi connectivity index (χ2n) is 11.7. The molecule has 0 atom stereocenters. The number of nitrogens with zero attached hydrogens (tertiary/aromatic N) is 2. The zero-order valence-corrected chi connectivity index (χ0v) is 27.9. The summed E-state index contributed by atoms with van der Waals surface area (Å²) in [5, 5.41) is 1.85. The molecule has 233 valence electrons. The molecule has 0 unspecified atom stereocenters. The molecule has 0 spiro atoms. The first-order chi connectivity index (χ1) is 26.1. The number of para-hydroxylation sites is 1. The van der Waals surface area contributed by atoms with E-state index in [0.717, 1.165) is 16.4 Å². The second kappa shape index (κ2) is 14.0. The number of fused-ring (bicyclic) bond motifs is 3. The second-order valence-corrected chi connectivity index (χ2v) is 11.7. The Morgan fingerprint density at radius 1 is 0.761 bits per heavy atom. The van der Waals surface area contributed by atoms with Gasteiger partial charge in [-0.05, 0) is 70.8 Å². The molecule has 0 fully saturated rings. The summed E-state index contributed by atoms with van der Waals surface area (Å²) in [6, 6.07) is 33.6. The van der Waals surface area contributed by atoms with Gasteiger partial charge in [-0.1, -0.05) is 99.2 Å². The van der Waals surface area contributed by atoms with Crippen molar-refractivity contribution >= 4 is 21.9 Å². The Labute approximate surface area is 301 Å². The molecule has 3 nitrogen and oxygen atoms in total. The fourth-order valence-electron chi connectivity index (χ4n) is 5.06. The van der Waals surface area contributed by atoms with Crippen molar-refractivity contribution in [3.05, 3.63) is 144 Å². The van der Waals surface area contributed by atoms with Gasteiger partial charge in [-0.15, -0.1) is 53.6 Å². The van der Waals surface area contributed by atoms with Gasteiger partial charge in [0.15, 0.2) is 0 Å². The van der Waals surface area contributed by atoms with Crippen LogP contribution in [0.3, 0.4) is 0 Å². The molecule has 0 N–H and O–H groups in total. The van der Waals surface area contributed by atoms with E-state index in [1.54, 1.807) is 54.6 Å². The third kappa shape index (κ3) is 7.36. The van der Waals surface area contributed by atoms with Crippen molar-refractivity contribution in [2.45, 2.75) is 47.7 Å². The summed E-state index contributed by atoms with van der Waals surface area (Å²) in [6.45, 7) is -1.48. The number of aryl methyl sites for hydroxylation is 3. The molecule has 3 aromatic heterocycles. The summed E-state index contributed by atoms with van der Waals surface area (Å²) in [5.74, 6) is 0. The summed E-state index contributed by atoms with van der Waals surface area (Å²) in [7, 11) is 0. The third-order valence-corrected chi connectivity index (χ3v) is 7.09. The first-order valence-electron chi connectivity index (χ1n) is 20.0. The Kier molecular flexibility index (Phi) is 6.50. The quantitative estimate of drug-likeness (QED) is 0.167. The van der Waals surface area contributed by atoms with Gasteiger partial charge in [0.25, 0.3) is 0 Å².